The number of nitrogens with one attached hydrogen (secondary N) is 1. The molecule has 1 N–H and O–H groups in total. The molecule has 0 spiro atoms. The Bertz CT molecular complexity index is 694. The lowest BCUT2D eigenvalue weighted by atomic mass is 9.95. The van der Waals surface area contributed by atoms with E-state index in [9.17, 15) is 14.4 Å². The molecule has 1 saturated heterocycles. The number of carbonyl (C=O) groups excluding carboxylic acids is 3. The molecule has 134 valence electrons. The van der Waals surface area contributed by atoms with Crippen LogP contribution in [0.2, 0.25) is 5.02 Å². The van der Waals surface area contributed by atoms with Gasteiger partial charge in [-0.15, -0.1) is 0 Å². The number of esters is 1. The minimum absolute atomic E-state index is 0.100. The normalized spacial score (nSPS) is 17.9. The largest absolute Gasteiger partial charge is 0.465 e. The second-order valence-corrected chi connectivity index (χ2v) is 6.96. The summed E-state index contributed by atoms with van der Waals surface area (Å²) in [7, 11) is 1.28. The van der Waals surface area contributed by atoms with Crippen molar-refractivity contribution in [2.24, 2.45) is 11.8 Å². The molecular formula is C18H21ClN2O4. The van der Waals surface area contributed by atoms with E-state index in [0.29, 0.717) is 31.6 Å². The van der Waals surface area contributed by atoms with Gasteiger partial charge >= 0.3 is 5.97 Å². The minimum atomic E-state index is -0.548. The van der Waals surface area contributed by atoms with Gasteiger partial charge in [0.25, 0.3) is 0 Å². The fourth-order valence-corrected chi connectivity index (χ4v) is 3.26. The van der Waals surface area contributed by atoms with Crippen molar-refractivity contribution >= 4 is 35.1 Å². The van der Waals surface area contributed by atoms with E-state index in [-0.39, 0.29) is 34.2 Å². The number of carbonyl (C=O) groups is 3. The summed E-state index contributed by atoms with van der Waals surface area (Å²) < 4.78 is 4.68. The molecule has 2 amide bonds. The third kappa shape index (κ3) is 4.12. The monoisotopic (exact) mass is 364 g/mol. The molecule has 2 fully saturated rings. The zero-order valence-electron chi connectivity index (χ0n) is 14.1. The van der Waals surface area contributed by atoms with Crippen molar-refractivity contribution in [1.29, 1.82) is 0 Å². The lowest BCUT2D eigenvalue weighted by molar-refractivity contribution is -0.135. The first-order chi connectivity index (χ1) is 12.0. The summed E-state index contributed by atoms with van der Waals surface area (Å²) in [6.07, 6.45) is 3.31. The van der Waals surface area contributed by atoms with Crippen molar-refractivity contribution in [3.8, 4) is 0 Å². The Hall–Kier alpha value is -2.08. The van der Waals surface area contributed by atoms with Crippen molar-refractivity contribution in [1.82, 2.24) is 4.90 Å². The van der Waals surface area contributed by atoms with Gasteiger partial charge in [-0.25, -0.2) is 4.79 Å². The fourth-order valence-electron chi connectivity index (χ4n) is 3.06. The average molecular weight is 365 g/mol. The molecule has 3 rings (SSSR count). The fraction of sp³-hybridized carbons (Fsp3) is 0.500. The van der Waals surface area contributed by atoms with Crippen molar-refractivity contribution in [3.05, 3.63) is 28.8 Å². The highest BCUT2D eigenvalue weighted by Gasteiger charge is 2.36. The Morgan fingerprint density at radius 3 is 2.40 bits per heavy atom. The molecule has 0 radical (unpaired) electrons. The van der Waals surface area contributed by atoms with Crippen LogP contribution in [0, 0.1) is 11.8 Å². The SMILES string of the molecule is COC(=O)c1cc(NC(=O)C2CCN(C(=O)C3CC3)CC2)ccc1Cl. The molecule has 7 heteroatoms. The number of hydrogen-bond acceptors (Lipinski definition) is 4. The van der Waals surface area contributed by atoms with Gasteiger partial charge in [0.2, 0.25) is 11.8 Å². The zero-order valence-corrected chi connectivity index (χ0v) is 14.8. The van der Waals surface area contributed by atoms with Gasteiger partial charge in [-0.2, -0.15) is 0 Å². The first-order valence-corrected chi connectivity index (χ1v) is 8.85. The van der Waals surface area contributed by atoms with E-state index in [1.54, 1.807) is 12.1 Å². The molecular weight excluding hydrogens is 344 g/mol. The number of benzene rings is 1. The Morgan fingerprint density at radius 1 is 1.12 bits per heavy atom. The van der Waals surface area contributed by atoms with Gasteiger partial charge in [0.1, 0.15) is 0 Å². The molecule has 2 aliphatic rings. The zero-order chi connectivity index (χ0) is 18.0. The highest BCUT2D eigenvalue weighted by molar-refractivity contribution is 6.33. The summed E-state index contributed by atoms with van der Waals surface area (Å²) in [5, 5.41) is 3.10. The van der Waals surface area contributed by atoms with E-state index < -0.39 is 5.97 Å². The van der Waals surface area contributed by atoms with Crippen LogP contribution < -0.4 is 5.32 Å². The molecule has 0 bridgehead atoms. The number of hydrogen-bond donors (Lipinski definition) is 1. The second-order valence-electron chi connectivity index (χ2n) is 6.55. The molecule has 25 heavy (non-hydrogen) atoms. The number of rotatable bonds is 4. The summed E-state index contributed by atoms with van der Waals surface area (Å²) in [4.78, 5) is 38.1. The Morgan fingerprint density at radius 2 is 1.80 bits per heavy atom. The van der Waals surface area contributed by atoms with Crippen LogP contribution in [-0.4, -0.2) is 42.9 Å². The van der Waals surface area contributed by atoms with Crippen molar-refractivity contribution < 1.29 is 19.1 Å². The van der Waals surface area contributed by atoms with E-state index >= 15 is 0 Å². The Balaban J connectivity index is 1.57. The van der Waals surface area contributed by atoms with Gasteiger partial charge in [-0.05, 0) is 43.9 Å². The topological polar surface area (TPSA) is 75.7 Å². The molecule has 1 aliphatic heterocycles. The summed E-state index contributed by atoms with van der Waals surface area (Å²) in [6.45, 7) is 1.25. The number of likely N-dealkylation sites (tertiary alicyclic amines) is 1. The first kappa shape index (κ1) is 17.7. The van der Waals surface area contributed by atoms with Crippen LogP contribution >= 0.6 is 11.6 Å². The summed E-state index contributed by atoms with van der Waals surface area (Å²) in [5.74, 6) is -0.333. The highest BCUT2D eigenvalue weighted by Crippen LogP contribution is 2.32. The number of piperidine rings is 1. The Kier molecular flexibility index (Phi) is 5.27. The number of nitrogens with zero attached hydrogens (tertiary/aromatic N) is 1. The van der Waals surface area contributed by atoms with Gasteiger partial charge in [0.15, 0.2) is 0 Å². The third-order valence-corrected chi connectivity index (χ3v) is 5.07. The number of halogens is 1. The van der Waals surface area contributed by atoms with E-state index in [4.69, 9.17) is 11.6 Å². The molecule has 1 aromatic carbocycles. The van der Waals surface area contributed by atoms with Crippen molar-refractivity contribution in [3.63, 3.8) is 0 Å². The minimum Gasteiger partial charge on any atom is -0.465 e. The summed E-state index contributed by atoms with van der Waals surface area (Å²) >= 11 is 5.98. The van der Waals surface area contributed by atoms with Gasteiger partial charge in [0, 0.05) is 30.6 Å². The van der Waals surface area contributed by atoms with E-state index in [0.717, 1.165) is 12.8 Å². The maximum atomic E-state index is 12.5. The predicted octanol–water partition coefficient (Wildman–Crippen LogP) is 2.71. The average Bonchev–Trinajstić information content (AvgIpc) is 3.47. The third-order valence-electron chi connectivity index (χ3n) is 4.74. The van der Waals surface area contributed by atoms with Gasteiger partial charge in [-0.1, -0.05) is 11.6 Å². The molecule has 1 heterocycles. The van der Waals surface area contributed by atoms with Crippen LogP contribution in [0.1, 0.15) is 36.0 Å². The quantitative estimate of drug-likeness (QED) is 0.833. The number of ether oxygens (including phenoxy) is 1. The van der Waals surface area contributed by atoms with Gasteiger partial charge in [-0.3, -0.25) is 9.59 Å². The highest BCUT2D eigenvalue weighted by atomic mass is 35.5. The van der Waals surface area contributed by atoms with Crippen LogP contribution in [0.15, 0.2) is 18.2 Å². The number of methoxy groups -OCH3 is 1. The van der Waals surface area contributed by atoms with Crippen molar-refractivity contribution in [2.45, 2.75) is 25.7 Å². The van der Waals surface area contributed by atoms with Gasteiger partial charge in [0.05, 0.1) is 17.7 Å². The molecule has 1 aromatic rings. The number of anilines is 1. The lowest BCUT2D eigenvalue weighted by Crippen LogP contribution is -2.42. The van der Waals surface area contributed by atoms with Crippen LogP contribution in [0.25, 0.3) is 0 Å². The smallest absolute Gasteiger partial charge is 0.339 e. The molecule has 6 nitrogen and oxygen atoms in total. The van der Waals surface area contributed by atoms with Crippen LogP contribution in [-0.2, 0) is 14.3 Å². The number of amides is 2. The second kappa shape index (κ2) is 7.44. The summed E-state index contributed by atoms with van der Waals surface area (Å²) in [6, 6.07) is 4.72. The molecule has 1 aliphatic carbocycles. The molecule has 0 unspecified atom stereocenters. The predicted molar refractivity (Wildman–Crippen MR) is 93.4 cm³/mol. The lowest BCUT2D eigenvalue weighted by Gasteiger charge is -2.31. The molecule has 1 saturated carbocycles. The maximum Gasteiger partial charge on any atom is 0.339 e. The maximum absolute atomic E-state index is 12.5. The molecule has 0 aromatic heterocycles. The Labute approximate surface area is 151 Å². The first-order valence-electron chi connectivity index (χ1n) is 8.47. The van der Waals surface area contributed by atoms with E-state index in [1.807, 2.05) is 4.90 Å². The van der Waals surface area contributed by atoms with E-state index in [2.05, 4.69) is 10.1 Å². The van der Waals surface area contributed by atoms with E-state index in [1.165, 1.54) is 13.2 Å². The standard InChI is InChI=1S/C18H21ClN2O4/c1-25-18(24)14-10-13(4-5-15(14)19)20-16(22)11-6-8-21(9-7-11)17(23)12-2-3-12/h4-5,10-12H,2-3,6-9H2,1H3,(H,20,22). The van der Waals surface area contributed by atoms with Crippen LogP contribution in [0.4, 0.5) is 5.69 Å². The van der Waals surface area contributed by atoms with Crippen molar-refractivity contribution in [2.75, 3.05) is 25.5 Å². The van der Waals surface area contributed by atoms with Crippen LogP contribution in [0.3, 0.4) is 0 Å². The van der Waals surface area contributed by atoms with Crippen LogP contribution in [0.5, 0.6) is 0 Å². The summed E-state index contributed by atoms with van der Waals surface area (Å²) in [5.41, 5.74) is 0.720. The molecule has 0 atom stereocenters. The van der Waals surface area contributed by atoms with Gasteiger partial charge < -0.3 is 15.0 Å².